The Hall–Kier alpha value is -2.63. The first-order valence-electron chi connectivity index (χ1n) is 9.00. The third-order valence-corrected chi connectivity index (χ3v) is 5.16. The number of halogens is 2. The molecule has 148 valence electrons. The van der Waals surface area contributed by atoms with Gasteiger partial charge in [-0.15, -0.1) is 0 Å². The molecule has 4 nitrogen and oxygen atoms in total. The van der Waals surface area contributed by atoms with Gasteiger partial charge in [0.2, 0.25) is 0 Å². The van der Waals surface area contributed by atoms with Crippen molar-refractivity contribution in [2.24, 2.45) is 4.99 Å². The Kier molecular flexibility index (Phi) is 7.07. The molecule has 29 heavy (non-hydrogen) atoms. The van der Waals surface area contributed by atoms with Gasteiger partial charge in [-0.3, -0.25) is 9.79 Å². The Bertz CT molecular complexity index is 1070. The van der Waals surface area contributed by atoms with Gasteiger partial charge in [0.15, 0.2) is 6.61 Å². The third kappa shape index (κ3) is 6.17. The number of hydrogen-bond donors (Lipinski definition) is 1. The maximum absolute atomic E-state index is 12.1. The van der Waals surface area contributed by atoms with E-state index in [9.17, 15) is 4.79 Å². The van der Waals surface area contributed by atoms with E-state index in [1.807, 2.05) is 68.4 Å². The molecule has 0 heterocycles. The van der Waals surface area contributed by atoms with Crippen LogP contribution in [0, 0.1) is 13.8 Å². The number of ether oxygens (including phenoxy) is 1. The van der Waals surface area contributed by atoms with Gasteiger partial charge in [0.25, 0.3) is 5.91 Å². The molecule has 6 heteroatoms. The van der Waals surface area contributed by atoms with Crippen LogP contribution in [-0.4, -0.2) is 18.7 Å². The maximum Gasteiger partial charge on any atom is 0.262 e. The number of carbonyl (C=O) groups excluding carboxylic acids is 1. The molecule has 0 radical (unpaired) electrons. The minimum absolute atomic E-state index is 0.0815. The van der Waals surface area contributed by atoms with Crippen molar-refractivity contribution >= 4 is 51.0 Å². The highest BCUT2D eigenvalue weighted by Crippen LogP contribution is 2.26. The predicted octanol–water partition coefficient (Wildman–Crippen LogP) is 6.49. The predicted molar refractivity (Wildman–Crippen MR) is 123 cm³/mol. The van der Waals surface area contributed by atoms with Crippen molar-refractivity contribution in [2.45, 2.75) is 13.8 Å². The molecular weight excluding hydrogens is 452 g/mol. The summed E-state index contributed by atoms with van der Waals surface area (Å²) >= 11 is 9.61. The lowest BCUT2D eigenvalue weighted by atomic mass is 10.2. The lowest BCUT2D eigenvalue weighted by Crippen LogP contribution is -2.20. The number of aliphatic imine (C=N–C) groups is 1. The summed E-state index contributed by atoms with van der Waals surface area (Å²) in [6.45, 7) is 3.84. The fourth-order valence-electron chi connectivity index (χ4n) is 2.59. The van der Waals surface area contributed by atoms with Crippen LogP contribution in [0.4, 0.5) is 11.4 Å². The molecule has 1 amide bonds. The highest BCUT2D eigenvalue weighted by Gasteiger charge is 2.07. The summed E-state index contributed by atoms with van der Waals surface area (Å²) in [5.41, 5.74) is 4.52. The van der Waals surface area contributed by atoms with E-state index in [-0.39, 0.29) is 12.5 Å². The Morgan fingerprint density at radius 3 is 2.69 bits per heavy atom. The number of nitrogens with one attached hydrogen (secondary N) is 1. The van der Waals surface area contributed by atoms with Crippen LogP contribution >= 0.6 is 27.5 Å². The van der Waals surface area contributed by atoms with Gasteiger partial charge in [-0.2, -0.15) is 0 Å². The highest BCUT2D eigenvalue weighted by molar-refractivity contribution is 9.10. The summed E-state index contributed by atoms with van der Waals surface area (Å²) in [6, 6.07) is 18.8. The van der Waals surface area contributed by atoms with Crippen molar-refractivity contribution in [3.63, 3.8) is 0 Å². The molecule has 0 atom stereocenters. The molecule has 0 aromatic heterocycles. The molecule has 3 aromatic rings. The van der Waals surface area contributed by atoms with Gasteiger partial charge in [0.1, 0.15) is 5.75 Å². The van der Waals surface area contributed by atoms with Gasteiger partial charge in [-0.25, -0.2) is 0 Å². The smallest absolute Gasteiger partial charge is 0.262 e. The molecule has 0 fully saturated rings. The average molecular weight is 472 g/mol. The van der Waals surface area contributed by atoms with Gasteiger partial charge in [0.05, 0.1) is 10.2 Å². The second-order valence-electron chi connectivity index (χ2n) is 6.59. The van der Waals surface area contributed by atoms with E-state index in [0.29, 0.717) is 10.8 Å². The van der Waals surface area contributed by atoms with Crippen molar-refractivity contribution in [1.29, 1.82) is 0 Å². The fraction of sp³-hybridized carbons (Fsp3) is 0.130. The van der Waals surface area contributed by atoms with Crippen LogP contribution in [0.5, 0.6) is 5.75 Å². The van der Waals surface area contributed by atoms with Crippen molar-refractivity contribution in [1.82, 2.24) is 0 Å². The molecule has 0 aliphatic rings. The first-order chi connectivity index (χ1) is 13.9. The van der Waals surface area contributed by atoms with Crippen LogP contribution in [0.15, 0.2) is 70.1 Å². The van der Waals surface area contributed by atoms with E-state index in [4.69, 9.17) is 16.3 Å². The van der Waals surface area contributed by atoms with E-state index < -0.39 is 0 Å². The molecule has 0 bridgehead atoms. The Labute approximate surface area is 183 Å². The Morgan fingerprint density at radius 2 is 1.97 bits per heavy atom. The van der Waals surface area contributed by atoms with Gasteiger partial charge in [0, 0.05) is 16.9 Å². The Balaban J connectivity index is 1.59. The minimum atomic E-state index is -0.218. The molecule has 0 saturated carbocycles. The topological polar surface area (TPSA) is 50.7 Å². The summed E-state index contributed by atoms with van der Waals surface area (Å²) in [4.78, 5) is 16.5. The first kappa shape index (κ1) is 21.1. The summed E-state index contributed by atoms with van der Waals surface area (Å²) in [6.07, 6.45) is 1.75. The van der Waals surface area contributed by atoms with E-state index in [1.165, 1.54) is 0 Å². The number of amides is 1. The van der Waals surface area contributed by atoms with Crippen molar-refractivity contribution in [3.8, 4) is 5.75 Å². The van der Waals surface area contributed by atoms with E-state index >= 15 is 0 Å². The zero-order valence-corrected chi connectivity index (χ0v) is 18.4. The average Bonchev–Trinajstić information content (AvgIpc) is 2.68. The molecule has 0 aliphatic carbocycles. The van der Waals surface area contributed by atoms with Gasteiger partial charge >= 0.3 is 0 Å². The van der Waals surface area contributed by atoms with E-state index in [1.54, 1.807) is 12.3 Å². The summed E-state index contributed by atoms with van der Waals surface area (Å²) in [5, 5.41) is 3.51. The summed E-state index contributed by atoms with van der Waals surface area (Å²) in [5.74, 6) is 0.365. The molecule has 0 aliphatic heterocycles. The number of benzene rings is 3. The van der Waals surface area contributed by atoms with Crippen LogP contribution in [0.2, 0.25) is 5.02 Å². The van der Waals surface area contributed by atoms with Crippen LogP contribution in [0.25, 0.3) is 0 Å². The monoisotopic (exact) mass is 470 g/mol. The Morgan fingerprint density at radius 1 is 1.14 bits per heavy atom. The number of nitrogens with zero attached hydrogens (tertiary/aromatic N) is 1. The van der Waals surface area contributed by atoms with Gasteiger partial charge < -0.3 is 10.1 Å². The van der Waals surface area contributed by atoms with Crippen LogP contribution < -0.4 is 10.1 Å². The molecule has 1 N–H and O–H groups in total. The number of aryl methyl sites for hydroxylation is 2. The number of hydrogen-bond acceptors (Lipinski definition) is 3. The highest BCUT2D eigenvalue weighted by atomic mass is 79.9. The number of anilines is 1. The fourth-order valence-corrected chi connectivity index (χ4v) is 3.27. The summed E-state index contributed by atoms with van der Waals surface area (Å²) < 4.78 is 6.37. The zero-order chi connectivity index (χ0) is 20.8. The zero-order valence-electron chi connectivity index (χ0n) is 16.1. The van der Waals surface area contributed by atoms with Gasteiger partial charge in [-0.1, -0.05) is 29.8 Å². The van der Waals surface area contributed by atoms with Gasteiger partial charge in [-0.05, 0) is 88.9 Å². The molecule has 0 spiro atoms. The lowest BCUT2D eigenvalue weighted by Gasteiger charge is -2.10. The van der Waals surface area contributed by atoms with Crippen molar-refractivity contribution in [2.75, 3.05) is 11.9 Å². The van der Waals surface area contributed by atoms with E-state index in [2.05, 4.69) is 26.2 Å². The van der Waals surface area contributed by atoms with Crippen molar-refractivity contribution < 1.29 is 9.53 Å². The largest absolute Gasteiger partial charge is 0.483 e. The SMILES string of the molecule is Cc1cccc(NC(=O)COc2ccc(C=Nc3ccc(C)c(Cl)c3)cc2Br)c1. The number of carbonyl (C=O) groups is 1. The normalized spacial score (nSPS) is 10.9. The molecule has 3 rings (SSSR count). The number of rotatable bonds is 6. The minimum Gasteiger partial charge on any atom is -0.483 e. The lowest BCUT2D eigenvalue weighted by molar-refractivity contribution is -0.118. The maximum atomic E-state index is 12.1. The van der Waals surface area contributed by atoms with Crippen LogP contribution in [0.3, 0.4) is 0 Å². The van der Waals surface area contributed by atoms with Crippen molar-refractivity contribution in [3.05, 3.63) is 86.8 Å². The van der Waals surface area contributed by atoms with Crippen LogP contribution in [0.1, 0.15) is 16.7 Å². The summed E-state index contributed by atoms with van der Waals surface area (Å²) in [7, 11) is 0. The molecule has 0 saturated heterocycles. The standard InChI is InChI=1S/C23H20BrClN2O2/c1-15-4-3-5-19(10-15)27-23(28)14-29-22-9-7-17(11-20(22)24)13-26-18-8-6-16(2)21(25)12-18/h3-13H,14H2,1-2H3,(H,27,28). The molecular formula is C23H20BrClN2O2. The first-order valence-corrected chi connectivity index (χ1v) is 10.2. The quantitative estimate of drug-likeness (QED) is 0.418. The third-order valence-electron chi connectivity index (χ3n) is 4.13. The second-order valence-corrected chi connectivity index (χ2v) is 7.85. The van der Waals surface area contributed by atoms with Crippen LogP contribution in [-0.2, 0) is 4.79 Å². The molecule has 0 unspecified atom stereocenters. The second kappa shape index (κ2) is 9.72. The van der Waals surface area contributed by atoms with E-state index in [0.717, 1.165) is 32.5 Å². The molecule has 3 aromatic carbocycles.